The molecule has 2 aliphatic rings. The summed E-state index contributed by atoms with van der Waals surface area (Å²) in [5, 5.41) is 31.2. The number of nitrogens with zero attached hydrogens (tertiary/aromatic N) is 1. The van der Waals surface area contributed by atoms with Crippen molar-refractivity contribution in [1.82, 2.24) is 10.2 Å². The summed E-state index contributed by atoms with van der Waals surface area (Å²) in [7, 11) is 0. The van der Waals surface area contributed by atoms with E-state index in [2.05, 4.69) is 0 Å². The molecule has 0 aromatic heterocycles. The minimum Gasteiger partial charge on any atom is -0.394 e. The number of nitrogens with two attached hydrogens (primary N) is 1. The number of hydrogen-bond acceptors (Lipinski definition) is 7. The van der Waals surface area contributed by atoms with Crippen LogP contribution >= 0.6 is 11.6 Å². The fourth-order valence-corrected chi connectivity index (χ4v) is 3.09. The van der Waals surface area contributed by atoms with Gasteiger partial charge in [0.05, 0.1) is 6.61 Å². The Morgan fingerprint density at radius 2 is 2.11 bits per heavy atom. The minimum absolute atomic E-state index is 0.0183. The van der Waals surface area contributed by atoms with Crippen LogP contribution in [-0.4, -0.2) is 68.8 Å². The van der Waals surface area contributed by atoms with Gasteiger partial charge in [-0.05, 0) is 12.1 Å². The number of ether oxygens (including phenoxy) is 1. The summed E-state index contributed by atoms with van der Waals surface area (Å²) in [4.78, 5) is 25.6. The Balaban J connectivity index is 1.90. The molecule has 1 saturated heterocycles. The highest BCUT2D eigenvalue weighted by atomic mass is 35.5. The normalized spacial score (nSPS) is 33.6. The molecule has 0 spiro atoms. The molecule has 1 aromatic carbocycles. The van der Waals surface area contributed by atoms with E-state index in [0.717, 1.165) is 0 Å². The largest absolute Gasteiger partial charge is 0.394 e. The summed E-state index contributed by atoms with van der Waals surface area (Å²) in [6.07, 6.45) is -5.12. The fourth-order valence-electron chi connectivity index (χ4n) is 2.90. The number of carbonyl (C=O) groups is 2. The van der Waals surface area contributed by atoms with Crippen molar-refractivity contribution in [2.75, 3.05) is 6.61 Å². The molecule has 5 atom stereocenters. The van der Waals surface area contributed by atoms with Crippen molar-refractivity contribution in [3.05, 3.63) is 46.9 Å². The summed E-state index contributed by atoms with van der Waals surface area (Å²) < 4.78 is 19.9. The van der Waals surface area contributed by atoms with Crippen LogP contribution in [0.15, 0.2) is 36.3 Å². The quantitative estimate of drug-likeness (QED) is 0.426. The SMILES string of the molecule is NC1(C(=O)c2cccc(Cl)c2)NC(=O)N([C@@H]2O[C@H](CO)[C@@H](O)[C@H]2O)C=C1F. The molecule has 2 aliphatic heterocycles. The van der Waals surface area contributed by atoms with Crippen molar-refractivity contribution < 1.29 is 34.0 Å². The van der Waals surface area contributed by atoms with E-state index in [9.17, 15) is 24.2 Å². The lowest BCUT2D eigenvalue weighted by molar-refractivity contribution is -0.0679. The topological polar surface area (TPSA) is 145 Å². The van der Waals surface area contributed by atoms with E-state index in [1.807, 2.05) is 5.32 Å². The summed E-state index contributed by atoms with van der Waals surface area (Å²) in [5.41, 5.74) is 3.31. The Labute approximate surface area is 157 Å². The van der Waals surface area contributed by atoms with Gasteiger partial charge in [0, 0.05) is 16.8 Å². The second-order valence-corrected chi connectivity index (χ2v) is 6.63. The van der Waals surface area contributed by atoms with E-state index in [-0.39, 0.29) is 10.6 Å². The van der Waals surface area contributed by atoms with Gasteiger partial charge in [-0.3, -0.25) is 15.4 Å². The van der Waals surface area contributed by atoms with Gasteiger partial charge in [0.15, 0.2) is 12.1 Å². The van der Waals surface area contributed by atoms with Gasteiger partial charge in [-0.25, -0.2) is 9.18 Å². The molecule has 0 aliphatic carbocycles. The monoisotopic (exact) mass is 401 g/mol. The van der Waals surface area contributed by atoms with Crippen LogP contribution in [0.3, 0.4) is 0 Å². The number of urea groups is 1. The highest BCUT2D eigenvalue weighted by Gasteiger charge is 2.51. The smallest absolute Gasteiger partial charge is 0.325 e. The molecule has 1 fully saturated rings. The first-order valence-electron chi connectivity index (χ1n) is 7.89. The summed E-state index contributed by atoms with van der Waals surface area (Å²) in [6.45, 7) is -0.621. The number of amides is 2. The molecule has 9 nitrogen and oxygen atoms in total. The molecular formula is C16H17ClFN3O6. The molecule has 2 amide bonds. The molecule has 27 heavy (non-hydrogen) atoms. The standard InChI is InChI=1S/C16H17ClFN3O6/c17-8-3-1-2-7(4-8)13(25)16(19)10(18)5-21(15(26)20-16)14-12(24)11(23)9(6-22)27-14/h1-5,9,11-12,14,22-24H,6,19H2,(H,20,26)/t9-,11-,12-,14-,16?/m1/s1. The molecule has 1 aromatic rings. The molecule has 0 radical (unpaired) electrons. The minimum atomic E-state index is -2.48. The molecule has 0 bridgehead atoms. The maximum absolute atomic E-state index is 14.7. The molecule has 6 N–H and O–H groups in total. The van der Waals surface area contributed by atoms with Crippen molar-refractivity contribution in [2.45, 2.75) is 30.2 Å². The number of Topliss-reactive ketones (excluding diaryl/α,β-unsaturated/α-hetero) is 1. The second-order valence-electron chi connectivity index (χ2n) is 6.19. The first-order chi connectivity index (χ1) is 12.7. The van der Waals surface area contributed by atoms with E-state index in [0.29, 0.717) is 11.1 Å². The highest BCUT2D eigenvalue weighted by molar-refractivity contribution is 6.31. The number of benzene rings is 1. The first-order valence-corrected chi connectivity index (χ1v) is 8.27. The zero-order chi connectivity index (χ0) is 19.9. The average molecular weight is 402 g/mol. The van der Waals surface area contributed by atoms with Gasteiger partial charge in [-0.1, -0.05) is 23.7 Å². The van der Waals surface area contributed by atoms with E-state index in [1.54, 1.807) is 0 Å². The molecule has 11 heteroatoms. The molecule has 0 saturated carbocycles. The summed E-state index contributed by atoms with van der Waals surface area (Å²) in [6, 6.07) is 4.58. The number of hydrogen-bond donors (Lipinski definition) is 5. The van der Waals surface area contributed by atoms with Crippen LogP contribution in [0.4, 0.5) is 9.18 Å². The second kappa shape index (κ2) is 7.15. The Bertz CT molecular complexity index is 808. The predicted molar refractivity (Wildman–Crippen MR) is 90.0 cm³/mol. The molecule has 2 heterocycles. The lowest BCUT2D eigenvalue weighted by atomic mass is 9.96. The molecular weight excluding hydrogens is 385 g/mol. The average Bonchev–Trinajstić information content (AvgIpc) is 2.92. The third-order valence-electron chi connectivity index (χ3n) is 4.40. The Morgan fingerprint density at radius 1 is 1.41 bits per heavy atom. The zero-order valence-corrected chi connectivity index (χ0v) is 14.5. The Hall–Kier alpha value is -2.08. The number of nitrogens with one attached hydrogen (secondary N) is 1. The Kier molecular flexibility index (Phi) is 5.21. The maximum Gasteiger partial charge on any atom is 0.325 e. The van der Waals surface area contributed by atoms with Crippen LogP contribution in [0.2, 0.25) is 5.02 Å². The van der Waals surface area contributed by atoms with Crippen LogP contribution in [0.1, 0.15) is 10.4 Å². The summed E-state index contributed by atoms with van der Waals surface area (Å²) in [5.74, 6) is -2.15. The van der Waals surface area contributed by atoms with Crippen molar-refractivity contribution in [1.29, 1.82) is 0 Å². The maximum atomic E-state index is 14.7. The summed E-state index contributed by atoms with van der Waals surface area (Å²) >= 11 is 5.82. The molecule has 146 valence electrons. The number of ketones is 1. The lowest BCUT2D eigenvalue weighted by Crippen LogP contribution is -2.68. The van der Waals surface area contributed by atoms with Gasteiger partial charge in [0.25, 0.3) is 0 Å². The van der Waals surface area contributed by atoms with Crippen LogP contribution in [0.5, 0.6) is 0 Å². The van der Waals surface area contributed by atoms with Gasteiger partial charge in [0.2, 0.25) is 11.4 Å². The van der Waals surface area contributed by atoms with Crippen LogP contribution in [0.25, 0.3) is 0 Å². The van der Waals surface area contributed by atoms with Gasteiger partial charge < -0.3 is 25.4 Å². The number of halogens is 2. The predicted octanol–water partition coefficient (Wildman–Crippen LogP) is -0.547. The van der Waals surface area contributed by atoms with Gasteiger partial charge >= 0.3 is 6.03 Å². The van der Waals surface area contributed by atoms with Crippen molar-refractivity contribution in [2.24, 2.45) is 5.73 Å². The van der Waals surface area contributed by atoms with Crippen molar-refractivity contribution in [3.63, 3.8) is 0 Å². The lowest BCUT2D eigenvalue weighted by Gasteiger charge is -2.37. The molecule has 1 unspecified atom stereocenters. The van der Waals surface area contributed by atoms with Gasteiger partial charge in [-0.2, -0.15) is 0 Å². The molecule has 3 rings (SSSR count). The van der Waals surface area contributed by atoms with E-state index < -0.39 is 54.5 Å². The van der Waals surface area contributed by atoms with Crippen LogP contribution < -0.4 is 11.1 Å². The number of rotatable bonds is 4. The van der Waals surface area contributed by atoms with Gasteiger partial charge in [0.1, 0.15) is 18.3 Å². The van der Waals surface area contributed by atoms with Crippen LogP contribution in [0, 0.1) is 0 Å². The zero-order valence-electron chi connectivity index (χ0n) is 13.8. The Morgan fingerprint density at radius 3 is 2.70 bits per heavy atom. The van der Waals surface area contributed by atoms with Crippen molar-refractivity contribution >= 4 is 23.4 Å². The third-order valence-corrected chi connectivity index (χ3v) is 4.64. The first kappa shape index (κ1) is 19.7. The highest BCUT2D eigenvalue weighted by Crippen LogP contribution is 2.30. The van der Waals surface area contributed by atoms with E-state index in [4.69, 9.17) is 27.2 Å². The number of carbonyl (C=O) groups excluding carboxylic acids is 2. The fraction of sp³-hybridized carbons (Fsp3) is 0.375. The van der Waals surface area contributed by atoms with Gasteiger partial charge in [-0.15, -0.1) is 0 Å². The van der Waals surface area contributed by atoms with E-state index >= 15 is 0 Å². The van der Waals surface area contributed by atoms with Crippen LogP contribution in [-0.2, 0) is 4.74 Å². The number of aliphatic hydroxyl groups excluding tert-OH is 3. The van der Waals surface area contributed by atoms with Crippen molar-refractivity contribution in [3.8, 4) is 0 Å². The third kappa shape index (κ3) is 3.31. The number of aliphatic hydroxyl groups is 3. The van der Waals surface area contributed by atoms with E-state index in [1.165, 1.54) is 24.3 Å².